The van der Waals surface area contributed by atoms with Gasteiger partial charge in [-0.05, 0) is 36.2 Å². The van der Waals surface area contributed by atoms with Crippen molar-refractivity contribution in [3.63, 3.8) is 0 Å². The molecule has 0 aromatic heterocycles. The first kappa shape index (κ1) is 21.2. The zero-order valence-corrected chi connectivity index (χ0v) is 18.9. The molecule has 4 aliphatic rings. The number of ether oxygens (including phenoxy) is 1. The third-order valence-electron chi connectivity index (χ3n) is 7.69. The number of ketones is 1. The molecule has 3 aliphatic carbocycles. The zero-order chi connectivity index (χ0) is 24.6. The molecule has 1 aliphatic heterocycles. The number of carbonyl (C=O) groups is 3. The molecule has 2 amide bonds. The van der Waals surface area contributed by atoms with Crippen LogP contribution >= 0.6 is 0 Å². The molecule has 1 heterocycles. The smallest absolute Gasteiger partial charge is 0.285 e. The van der Waals surface area contributed by atoms with Crippen LogP contribution < -0.4 is 9.64 Å². The van der Waals surface area contributed by atoms with Crippen molar-refractivity contribution in [3.8, 4) is 5.75 Å². The molecular formula is C27H20N2O6. The highest BCUT2D eigenvalue weighted by molar-refractivity contribution is 6.24. The number of methoxy groups -OCH3 is 1. The average Bonchev–Trinajstić information content (AvgIpc) is 3.13. The first-order chi connectivity index (χ1) is 16.8. The van der Waals surface area contributed by atoms with E-state index >= 15 is 0 Å². The Kier molecular flexibility index (Phi) is 4.30. The van der Waals surface area contributed by atoms with Gasteiger partial charge in [0.05, 0.1) is 18.7 Å². The van der Waals surface area contributed by atoms with Gasteiger partial charge in [-0.3, -0.25) is 24.5 Å². The molecule has 0 saturated carbocycles. The van der Waals surface area contributed by atoms with Crippen LogP contribution in [-0.2, 0) is 15.1 Å². The second-order valence-corrected chi connectivity index (χ2v) is 9.13. The Morgan fingerprint density at radius 2 is 1.57 bits per heavy atom. The molecule has 35 heavy (non-hydrogen) atoms. The molecule has 174 valence electrons. The number of imide groups is 1. The Labute approximate surface area is 200 Å². The lowest BCUT2D eigenvalue weighted by Gasteiger charge is -2.48. The molecule has 1 fully saturated rings. The van der Waals surface area contributed by atoms with Crippen LogP contribution in [0, 0.1) is 22.0 Å². The zero-order valence-electron chi connectivity index (χ0n) is 18.9. The number of hydrogen-bond donors (Lipinski definition) is 0. The summed E-state index contributed by atoms with van der Waals surface area (Å²) in [6.07, 6.45) is 0. The maximum atomic E-state index is 14.1. The van der Waals surface area contributed by atoms with Crippen molar-refractivity contribution in [2.24, 2.45) is 11.8 Å². The SMILES string of the molecule is COc1ccc(C(C)=O)cc1N1C(=O)[C@@H]2C3c4ccccc4C([N+](=O)[O-])(c4ccccc43)[C@H]2C1=O. The van der Waals surface area contributed by atoms with E-state index in [-0.39, 0.29) is 17.2 Å². The van der Waals surface area contributed by atoms with E-state index in [4.69, 9.17) is 4.74 Å². The Morgan fingerprint density at radius 3 is 2.11 bits per heavy atom. The summed E-state index contributed by atoms with van der Waals surface area (Å²) in [7, 11) is 1.40. The van der Waals surface area contributed by atoms with Crippen LogP contribution in [0.15, 0.2) is 66.7 Å². The average molecular weight is 468 g/mol. The van der Waals surface area contributed by atoms with Gasteiger partial charge in [-0.15, -0.1) is 0 Å². The predicted octanol–water partition coefficient (Wildman–Crippen LogP) is 3.68. The van der Waals surface area contributed by atoms with Gasteiger partial charge in [-0.2, -0.15) is 0 Å². The van der Waals surface area contributed by atoms with Crippen LogP contribution in [0.3, 0.4) is 0 Å². The number of Topliss-reactive ketones (excluding diaryl/α,β-unsaturated/α-hetero) is 1. The molecule has 0 radical (unpaired) electrons. The van der Waals surface area contributed by atoms with E-state index in [9.17, 15) is 24.5 Å². The van der Waals surface area contributed by atoms with E-state index < -0.39 is 40.0 Å². The minimum atomic E-state index is -1.90. The molecule has 0 N–H and O–H groups in total. The summed E-state index contributed by atoms with van der Waals surface area (Å²) in [4.78, 5) is 53.8. The number of nitro groups is 1. The van der Waals surface area contributed by atoms with Crippen molar-refractivity contribution < 1.29 is 24.0 Å². The van der Waals surface area contributed by atoms with Crippen LogP contribution in [-0.4, -0.2) is 29.6 Å². The third kappa shape index (κ3) is 2.43. The molecule has 3 aromatic carbocycles. The molecule has 0 unspecified atom stereocenters. The Morgan fingerprint density at radius 1 is 0.971 bits per heavy atom. The number of carbonyl (C=O) groups excluding carboxylic acids is 3. The highest BCUT2D eigenvalue weighted by Gasteiger charge is 2.75. The van der Waals surface area contributed by atoms with Gasteiger partial charge in [-0.25, -0.2) is 4.90 Å². The summed E-state index contributed by atoms with van der Waals surface area (Å²) in [5.74, 6) is -3.89. The number of anilines is 1. The molecule has 0 spiro atoms. The lowest BCUT2D eigenvalue weighted by atomic mass is 9.51. The number of amides is 2. The van der Waals surface area contributed by atoms with Crippen LogP contribution in [0.2, 0.25) is 0 Å². The van der Waals surface area contributed by atoms with Crippen molar-refractivity contribution in [1.29, 1.82) is 0 Å². The van der Waals surface area contributed by atoms with Crippen molar-refractivity contribution in [2.75, 3.05) is 12.0 Å². The van der Waals surface area contributed by atoms with Gasteiger partial charge in [0.1, 0.15) is 11.7 Å². The number of nitrogens with zero attached hydrogens (tertiary/aromatic N) is 2. The number of hydrogen-bond acceptors (Lipinski definition) is 6. The molecule has 8 nitrogen and oxygen atoms in total. The van der Waals surface area contributed by atoms with Gasteiger partial charge >= 0.3 is 0 Å². The topological polar surface area (TPSA) is 107 Å². The summed E-state index contributed by atoms with van der Waals surface area (Å²) in [5, 5.41) is 13.0. The predicted molar refractivity (Wildman–Crippen MR) is 125 cm³/mol. The number of benzene rings is 3. The molecule has 3 aromatic rings. The van der Waals surface area contributed by atoms with Crippen molar-refractivity contribution in [2.45, 2.75) is 18.4 Å². The molecule has 1 saturated heterocycles. The standard InChI is InChI=1S/C27H20N2O6/c1-14(30)15-11-12-21(35-2)20(13-15)28-25(31)23-22-16-7-3-5-9-18(16)27(29(33)34,24(23)26(28)32)19-10-6-4-8-17(19)22/h3-13,22-24H,1-2H3/t22?,23-,24-,27?/m1/s1. The Balaban J connectivity index is 1.65. The van der Waals surface area contributed by atoms with Crippen molar-refractivity contribution in [1.82, 2.24) is 0 Å². The molecule has 7 rings (SSSR count). The van der Waals surface area contributed by atoms with Crippen molar-refractivity contribution >= 4 is 23.3 Å². The fourth-order valence-corrected chi connectivity index (χ4v) is 6.36. The first-order valence-electron chi connectivity index (χ1n) is 11.2. The van der Waals surface area contributed by atoms with E-state index in [2.05, 4.69) is 0 Å². The maximum Gasteiger partial charge on any atom is 0.285 e. The van der Waals surface area contributed by atoms with Crippen LogP contribution in [0.25, 0.3) is 0 Å². The highest BCUT2D eigenvalue weighted by atomic mass is 16.6. The van der Waals surface area contributed by atoms with E-state index in [0.717, 1.165) is 4.90 Å². The van der Waals surface area contributed by atoms with E-state index in [0.29, 0.717) is 27.8 Å². The summed E-state index contributed by atoms with van der Waals surface area (Å²) >= 11 is 0. The van der Waals surface area contributed by atoms with Crippen LogP contribution in [0.1, 0.15) is 45.5 Å². The fourth-order valence-electron chi connectivity index (χ4n) is 6.36. The molecule has 2 atom stereocenters. The van der Waals surface area contributed by atoms with Gasteiger partial charge in [0.2, 0.25) is 11.8 Å². The van der Waals surface area contributed by atoms with Gasteiger partial charge in [-0.1, -0.05) is 48.5 Å². The molecular weight excluding hydrogens is 448 g/mol. The maximum absolute atomic E-state index is 14.1. The van der Waals surface area contributed by atoms with Crippen LogP contribution in [0.4, 0.5) is 5.69 Å². The minimum Gasteiger partial charge on any atom is -0.495 e. The largest absolute Gasteiger partial charge is 0.495 e. The first-order valence-corrected chi connectivity index (χ1v) is 11.2. The Bertz CT molecular complexity index is 1430. The summed E-state index contributed by atoms with van der Waals surface area (Å²) in [6, 6.07) is 18.5. The summed E-state index contributed by atoms with van der Waals surface area (Å²) < 4.78 is 5.42. The van der Waals surface area contributed by atoms with Crippen LogP contribution in [0.5, 0.6) is 5.75 Å². The van der Waals surface area contributed by atoms with E-state index in [1.165, 1.54) is 26.2 Å². The van der Waals surface area contributed by atoms with E-state index in [1.54, 1.807) is 42.5 Å². The normalized spacial score (nSPS) is 25.7. The highest BCUT2D eigenvalue weighted by Crippen LogP contribution is 2.64. The second-order valence-electron chi connectivity index (χ2n) is 9.13. The molecule has 2 bridgehead atoms. The Hall–Kier alpha value is -4.33. The van der Waals surface area contributed by atoms with Gasteiger partial charge in [0.15, 0.2) is 5.78 Å². The summed E-state index contributed by atoms with van der Waals surface area (Å²) in [6.45, 7) is 1.38. The van der Waals surface area contributed by atoms with Gasteiger partial charge < -0.3 is 4.74 Å². The minimum absolute atomic E-state index is 0.121. The quantitative estimate of drug-likeness (QED) is 0.250. The lowest BCUT2D eigenvalue weighted by Crippen LogP contribution is -2.57. The second kappa shape index (κ2) is 7.09. The number of rotatable bonds is 4. The fraction of sp³-hybridized carbons (Fsp3) is 0.222. The summed E-state index contributed by atoms with van der Waals surface area (Å²) in [5.41, 5.74) is 0.794. The lowest BCUT2D eigenvalue weighted by molar-refractivity contribution is -0.578. The van der Waals surface area contributed by atoms with Crippen molar-refractivity contribution in [3.05, 3.63) is 105 Å². The van der Waals surface area contributed by atoms with E-state index in [1.807, 2.05) is 12.1 Å². The third-order valence-corrected chi connectivity index (χ3v) is 7.69. The van der Waals surface area contributed by atoms with Gasteiger partial charge in [0.25, 0.3) is 5.54 Å². The van der Waals surface area contributed by atoms with Gasteiger partial charge in [0, 0.05) is 27.5 Å². The molecule has 8 heteroatoms. The monoisotopic (exact) mass is 468 g/mol.